The third kappa shape index (κ3) is 13.2. The first-order valence-corrected chi connectivity index (χ1v) is 8.94. The van der Waals surface area contributed by atoms with Crippen molar-refractivity contribution in [1.82, 2.24) is 10.6 Å². The highest BCUT2D eigenvalue weighted by Crippen LogP contribution is 2.09. The summed E-state index contributed by atoms with van der Waals surface area (Å²) in [6.45, 7) is 8.34. The van der Waals surface area contributed by atoms with Gasteiger partial charge in [-0.1, -0.05) is 10.2 Å². The van der Waals surface area contributed by atoms with Crippen molar-refractivity contribution in [2.45, 2.75) is 64.8 Å². The van der Waals surface area contributed by atoms with E-state index < -0.39 is 60.5 Å². The van der Waals surface area contributed by atoms with Gasteiger partial charge >= 0.3 is 24.1 Å². The molecule has 0 bridgehead atoms. The van der Waals surface area contributed by atoms with E-state index >= 15 is 0 Å². The number of nitrogens with one attached hydrogen (secondary N) is 2. The lowest BCUT2D eigenvalue weighted by molar-refractivity contribution is -0.162. The van der Waals surface area contributed by atoms with Crippen LogP contribution in [0, 0.1) is 0 Å². The van der Waals surface area contributed by atoms with E-state index in [4.69, 9.17) is 20.5 Å². The van der Waals surface area contributed by atoms with Gasteiger partial charge in [0.2, 0.25) is 0 Å². The maximum Gasteiger partial charge on any atom is 0.408 e. The van der Waals surface area contributed by atoms with E-state index in [-0.39, 0.29) is 0 Å². The molecule has 0 heterocycles. The first kappa shape index (κ1) is 27.3. The van der Waals surface area contributed by atoms with Gasteiger partial charge in [-0.15, -0.1) is 0 Å². The Balaban J connectivity index is 5.31. The highest BCUT2D eigenvalue weighted by atomic mass is 16.6. The number of carbonyl (C=O) groups is 4. The van der Waals surface area contributed by atoms with Gasteiger partial charge in [-0.25, -0.2) is 19.2 Å². The van der Waals surface area contributed by atoms with E-state index in [9.17, 15) is 19.2 Å². The van der Waals surface area contributed by atoms with E-state index in [1.165, 1.54) is 0 Å². The van der Waals surface area contributed by atoms with E-state index in [0.29, 0.717) is 0 Å². The van der Waals surface area contributed by atoms with Gasteiger partial charge in [-0.05, 0) is 52.6 Å². The maximum absolute atomic E-state index is 12.3. The first-order chi connectivity index (χ1) is 14.2. The minimum absolute atomic E-state index is 0.581. The van der Waals surface area contributed by atoms with Crippen LogP contribution in [0.25, 0.3) is 20.9 Å². The number of rotatable bonds is 8. The molecular formula is C16H26N8O7. The molecule has 0 aromatic carbocycles. The van der Waals surface area contributed by atoms with Crippen LogP contribution in [-0.4, -0.2) is 60.5 Å². The summed E-state index contributed by atoms with van der Waals surface area (Å²) >= 11 is 0. The largest absolute Gasteiger partial charge is 0.444 e. The van der Waals surface area contributed by atoms with Gasteiger partial charge in [0.15, 0.2) is 0 Å². The van der Waals surface area contributed by atoms with Crippen molar-refractivity contribution in [3.8, 4) is 0 Å². The molecule has 2 atom stereocenters. The highest BCUT2D eigenvalue weighted by molar-refractivity contribution is 5.93. The number of azide groups is 2. The van der Waals surface area contributed by atoms with Gasteiger partial charge in [-0.2, -0.15) is 0 Å². The van der Waals surface area contributed by atoms with Crippen molar-refractivity contribution >= 4 is 24.1 Å². The Morgan fingerprint density at radius 1 is 0.774 bits per heavy atom. The lowest BCUT2D eigenvalue weighted by Crippen LogP contribution is -2.50. The Morgan fingerprint density at radius 2 is 1.10 bits per heavy atom. The minimum atomic E-state index is -1.56. The summed E-state index contributed by atoms with van der Waals surface area (Å²) < 4.78 is 14.6. The zero-order valence-corrected chi connectivity index (χ0v) is 18.1. The van der Waals surface area contributed by atoms with Crippen LogP contribution in [0.3, 0.4) is 0 Å². The van der Waals surface area contributed by atoms with Gasteiger partial charge in [0.05, 0.1) is 13.1 Å². The number of esters is 2. The zero-order valence-electron chi connectivity index (χ0n) is 18.1. The maximum atomic E-state index is 12.3. The summed E-state index contributed by atoms with van der Waals surface area (Å²) in [5.41, 5.74) is 15.2. The second kappa shape index (κ2) is 12.1. The molecule has 0 unspecified atom stereocenters. The average Bonchev–Trinajstić information content (AvgIpc) is 2.58. The molecule has 0 spiro atoms. The van der Waals surface area contributed by atoms with Crippen LogP contribution in [-0.2, 0) is 23.8 Å². The van der Waals surface area contributed by atoms with E-state index in [1.807, 2.05) is 0 Å². The standard InChI is InChI=1S/C16H26N8O7/c1-15(2,3)30-13(27)21-9(7-19-23-17)11(25)29-12(26)10(8-20-24-18)22-14(28)31-16(4,5)6/h9-10H,7-8H2,1-6H3,(H,21,27)(H,22,28)/t9-,10-/m1/s1. The Hall–Kier alpha value is -3.70. The first-order valence-electron chi connectivity index (χ1n) is 8.94. The fraction of sp³-hybridized carbons (Fsp3) is 0.750. The van der Waals surface area contributed by atoms with Crippen molar-refractivity contribution in [3.05, 3.63) is 20.9 Å². The molecule has 2 amide bonds. The van der Waals surface area contributed by atoms with Gasteiger partial charge in [0.25, 0.3) is 0 Å². The number of ether oxygens (including phenoxy) is 3. The summed E-state index contributed by atoms with van der Waals surface area (Å²) in [6, 6.07) is -3.12. The second-order valence-corrected chi connectivity index (χ2v) is 7.96. The molecule has 15 heteroatoms. The minimum Gasteiger partial charge on any atom is -0.444 e. The number of nitrogens with zero attached hydrogens (tertiary/aromatic N) is 6. The summed E-state index contributed by atoms with van der Waals surface area (Å²) in [5.74, 6) is -2.58. The van der Waals surface area contributed by atoms with E-state index in [2.05, 4.69) is 35.4 Å². The summed E-state index contributed by atoms with van der Waals surface area (Å²) in [4.78, 5) is 53.4. The SMILES string of the molecule is CC(C)(C)OC(=O)N[C@H](CN=[N+]=[N-])C(=O)OC(=O)[C@@H](CN=[N+]=[N-])NC(=O)OC(C)(C)C. The van der Waals surface area contributed by atoms with Crippen molar-refractivity contribution in [2.75, 3.05) is 13.1 Å². The Labute approximate surface area is 178 Å². The third-order valence-corrected chi connectivity index (χ3v) is 2.81. The van der Waals surface area contributed by atoms with Gasteiger partial charge in [0, 0.05) is 9.82 Å². The van der Waals surface area contributed by atoms with Crippen molar-refractivity contribution in [1.29, 1.82) is 0 Å². The average molecular weight is 442 g/mol. The molecule has 0 aromatic heterocycles. The quantitative estimate of drug-likeness (QED) is 0.143. The van der Waals surface area contributed by atoms with Crippen LogP contribution in [0.2, 0.25) is 0 Å². The number of hydrogen-bond acceptors (Lipinski definition) is 9. The predicted octanol–water partition coefficient (Wildman–Crippen LogP) is 2.46. The van der Waals surface area contributed by atoms with Crippen LogP contribution in [0.1, 0.15) is 41.5 Å². The second-order valence-electron chi connectivity index (χ2n) is 7.96. The van der Waals surface area contributed by atoms with Crippen molar-refractivity contribution < 1.29 is 33.4 Å². The Kier molecular flexibility index (Phi) is 10.7. The van der Waals surface area contributed by atoms with Crippen LogP contribution in [0.4, 0.5) is 9.59 Å². The monoisotopic (exact) mass is 442 g/mol. The van der Waals surface area contributed by atoms with Crippen molar-refractivity contribution in [2.24, 2.45) is 10.2 Å². The third-order valence-electron chi connectivity index (χ3n) is 2.81. The molecule has 2 N–H and O–H groups in total. The van der Waals surface area contributed by atoms with Crippen LogP contribution >= 0.6 is 0 Å². The molecule has 0 aliphatic carbocycles. The lowest BCUT2D eigenvalue weighted by Gasteiger charge is -2.23. The fourth-order valence-corrected chi connectivity index (χ4v) is 1.74. The molecule has 0 saturated carbocycles. The molecular weight excluding hydrogens is 416 g/mol. The fourth-order valence-electron chi connectivity index (χ4n) is 1.74. The van der Waals surface area contributed by atoms with Crippen molar-refractivity contribution in [3.63, 3.8) is 0 Å². The van der Waals surface area contributed by atoms with Crippen LogP contribution in [0.5, 0.6) is 0 Å². The van der Waals surface area contributed by atoms with Gasteiger partial charge in [0.1, 0.15) is 23.3 Å². The number of alkyl carbamates (subject to hydrolysis) is 2. The highest BCUT2D eigenvalue weighted by Gasteiger charge is 2.31. The zero-order chi connectivity index (χ0) is 24.2. The van der Waals surface area contributed by atoms with Gasteiger partial charge < -0.3 is 24.8 Å². The summed E-state index contributed by atoms with van der Waals surface area (Å²) in [6.07, 6.45) is -2.04. The molecule has 0 radical (unpaired) electrons. The number of carbonyl (C=O) groups excluding carboxylic acids is 4. The molecule has 0 aromatic rings. The van der Waals surface area contributed by atoms with Crippen LogP contribution in [0.15, 0.2) is 10.2 Å². The molecule has 0 saturated heterocycles. The number of amides is 2. The van der Waals surface area contributed by atoms with E-state index in [1.54, 1.807) is 41.5 Å². The smallest absolute Gasteiger partial charge is 0.408 e. The molecule has 31 heavy (non-hydrogen) atoms. The topological polar surface area (TPSA) is 218 Å². The Morgan fingerprint density at radius 3 is 1.35 bits per heavy atom. The molecule has 0 aliphatic heterocycles. The predicted molar refractivity (Wildman–Crippen MR) is 105 cm³/mol. The molecule has 0 aliphatic rings. The number of hydrogen-bond donors (Lipinski definition) is 2. The normalized spacial score (nSPS) is 12.7. The van der Waals surface area contributed by atoms with Gasteiger partial charge in [-0.3, -0.25) is 0 Å². The van der Waals surface area contributed by atoms with E-state index in [0.717, 1.165) is 0 Å². The molecule has 15 nitrogen and oxygen atoms in total. The molecule has 0 rings (SSSR count). The molecule has 172 valence electrons. The molecule has 0 fully saturated rings. The van der Waals surface area contributed by atoms with Crippen LogP contribution < -0.4 is 10.6 Å². The summed E-state index contributed by atoms with van der Waals surface area (Å²) in [5, 5.41) is 10.6. The summed E-state index contributed by atoms with van der Waals surface area (Å²) in [7, 11) is 0. The Bertz CT molecular complexity index is 710. The lowest BCUT2D eigenvalue weighted by atomic mass is 10.2.